The number of carbonyl (C=O) groups is 3. The molecule has 7 unspecified atom stereocenters. The van der Waals surface area contributed by atoms with Gasteiger partial charge in [0.15, 0.2) is 5.41 Å². The molecule has 42 heavy (non-hydrogen) atoms. The predicted octanol–water partition coefficient (Wildman–Crippen LogP) is 6.62. The molecule has 0 aromatic heterocycles. The lowest BCUT2D eigenvalue weighted by atomic mass is 9.52. The first-order chi connectivity index (χ1) is 18.4. The van der Waals surface area contributed by atoms with E-state index < -0.39 is 120 Å². The molecular weight excluding hydrogens is 615 g/mol. The number of ether oxygens (including phenoxy) is 2. The first kappa shape index (κ1) is 34.2. The monoisotopic (exact) mass is 640 g/mol. The average molecular weight is 640 g/mol. The number of halogens is 13. The van der Waals surface area contributed by atoms with Crippen LogP contribution in [0.2, 0.25) is 0 Å². The number of cyclic esters (lactones) is 2. The summed E-state index contributed by atoms with van der Waals surface area (Å²) in [6, 6.07) is 0. The molecule has 18 heteroatoms. The zero-order valence-corrected chi connectivity index (χ0v) is 22.4. The van der Waals surface area contributed by atoms with E-state index in [4.69, 9.17) is 4.74 Å². The third kappa shape index (κ3) is 4.14. The van der Waals surface area contributed by atoms with Crippen molar-refractivity contribution in [1.29, 1.82) is 0 Å². The van der Waals surface area contributed by atoms with Crippen LogP contribution >= 0.6 is 0 Å². The fourth-order valence-electron chi connectivity index (χ4n) is 6.02. The molecule has 1 aliphatic heterocycles. The highest BCUT2D eigenvalue weighted by atomic mass is 19.4. The molecule has 3 aliphatic rings. The second-order valence-corrected chi connectivity index (χ2v) is 12.3. The third-order valence-corrected chi connectivity index (χ3v) is 8.50. The van der Waals surface area contributed by atoms with Crippen LogP contribution in [0.3, 0.4) is 0 Å². The van der Waals surface area contributed by atoms with E-state index in [2.05, 4.69) is 4.74 Å². The Morgan fingerprint density at radius 2 is 1.21 bits per heavy atom. The van der Waals surface area contributed by atoms with E-state index >= 15 is 17.6 Å². The SMILES string of the molecule is CC(C)(C)OC(=O)C(C)(CC1CC2C(=O)OC(=O)C2CC1C1(F)C(C)(F)C(F)(F)C(F)(F)C(F)(F)C1(F)F)C(F)(F)F. The van der Waals surface area contributed by atoms with E-state index in [1.54, 1.807) is 0 Å². The van der Waals surface area contributed by atoms with Crippen LogP contribution in [-0.4, -0.2) is 64.7 Å². The van der Waals surface area contributed by atoms with E-state index in [1.165, 1.54) is 0 Å². The smallest absolute Gasteiger partial charge is 0.404 e. The van der Waals surface area contributed by atoms with Crippen molar-refractivity contribution in [2.45, 2.75) is 101 Å². The minimum Gasteiger partial charge on any atom is -0.459 e. The van der Waals surface area contributed by atoms with Crippen LogP contribution in [-0.2, 0) is 23.9 Å². The predicted molar refractivity (Wildman–Crippen MR) is 112 cm³/mol. The number of rotatable bonds is 4. The number of hydrogen-bond donors (Lipinski definition) is 0. The summed E-state index contributed by atoms with van der Waals surface area (Å²) in [5.41, 5.74) is -17.5. The maximum absolute atomic E-state index is 16.6. The van der Waals surface area contributed by atoms with Crippen LogP contribution in [0.25, 0.3) is 0 Å². The van der Waals surface area contributed by atoms with Crippen LogP contribution in [0.15, 0.2) is 0 Å². The lowest BCUT2D eigenvalue weighted by molar-refractivity contribution is -0.470. The van der Waals surface area contributed by atoms with Crippen molar-refractivity contribution < 1.29 is 80.9 Å². The largest absolute Gasteiger partial charge is 0.459 e. The molecule has 2 aliphatic carbocycles. The number of esters is 3. The van der Waals surface area contributed by atoms with E-state index in [0.717, 1.165) is 20.8 Å². The van der Waals surface area contributed by atoms with Gasteiger partial charge in [0.05, 0.1) is 11.8 Å². The molecule has 3 rings (SSSR count). The van der Waals surface area contributed by atoms with Crippen LogP contribution in [0.1, 0.15) is 53.9 Å². The summed E-state index contributed by atoms with van der Waals surface area (Å²) in [5.74, 6) is -44.0. The molecular formula is C24H25F13O5. The van der Waals surface area contributed by atoms with E-state index in [1.807, 2.05) is 0 Å². The van der Waals surface area contributed by atoms with Crippen molar-refractivity contribution >= 4 is 17.9 Å². The van der Waals surface area contributed by atoms with Gasteiger partial charge in [0, 0.05) is 5.92 Å². The molecule has 242 valence electrons. The molecule has 2 saturated carbocycles. The molecule has 5 nitrogen and oxygen atoms in total. The first-order valence-corrected chi connectivity index (χ1v) is 12.3. The van der Waals surface area contributed by atoms with Crippen molar-refractivity contribution in [3.8, 4) is 0 Å². The minimum absolute atomic E-state index is 0.109. The summed E-state index contributed by atoms with van der Waals surface area (Å²) in [4.78, 5) is 37.0. The Bertz CT molecular complexity index is 1130. The maximum atomic E-state index is 16.6. The molecule has 3 fully saturated rings. The zero-order valence-electron chi connectivity index (χ0n) is 22.4. The lowest BCUT2D eigenvalue weighted by Gasteiger charge is -2.59. The van der Waals surface area contributed by atoms with Gasteiger partial charge in [-0.05, 0) is 59.8 Å². The summed E-state index contributed by atoms with van der Waals surface area (Å²) < 4.78 is 201. The van der Waals surface area contributed by atoms with Crippen LogP contribution in [0.5, 0.6) is 0 Å². The van der Waals surface area contributed by atoms with Gasteiger partial charge in [-0.2, -0.15) is 48.3 Å². The van der Waals surface area contributed by atoms with Crippen molar-refractivity contribution in [1.82, 2.24) is 0 Å². The van der Waals surface area contributed by atoms with Crippen LogP contribution in [0, 0.1) is 29.1 Å². The summed E-state index contributed by atoms with van der Waals surface area (Å²) in [6.45, 7) is 2.55. The molecule has 1 saturated heterocycles. The first-order valence-electron chi connectivity index (χ1n) is 12.3. The Kier molecular flexibility index (Phi) is 7.42. The van der Waals surface area contributed by atoms with Gasteiger partial charge < -0.3 is 9.47 Å². The topological polar surface area (TPSA) is 69.7 Å². The van der Waals surface area contributed by atoms with Crippen LogP contribution < -0.4 is 0 Å². The minimum atomic E-state index is -7.32. The molecule has 0 bridgehead atoms. The fraction of sp³-hybridized carbons (Fsp3) is 0.875. The Morgan fingerprint density at radius 3 is 1.64 bits per heavy atom. The van der Waals surface area contributed by atoms with Gasteiger partial charge in [-0.3, -0.25) is 14.4 Å². The number of alkyl halides is 13. The second kappa shape index (κ2) is 9.11. The summed E-state index contributed by atoms with van der Waals surface area (Å²) >= 11 is 0. The van der Waals surface area contributed by atoms with Gasteiger partial charge in [0.25, 0.3) is 0 Å². The van der Waals surface area contributed by atoms with E-state index in [9.17, 15) is 53.9 Å². The van der Waals surface area contributed by atoms with Gasteiger partial charge in [0.2, 0.25) is 11.3 Å². The van der Waals surface area contributed by atoms with Crippen molar-refractivity contribution in [3.05, 3.63) is 0 Å². The molecule has 0 aromatic carbocycles. The molecule has 0 spiro atoms. The van der Waals surface area contributed by atoms with Crippen molar-refractivity contribution in [2.24, 2.45) is 29.1 Å². The zero-order chi connectivity index (χ0) is 33.1. The van der Waals surface area contributed by atoms with Crippen molar-refractivity contribution in [3.63, 3.8) is 0 Å². The third-order valence-electron chi connectivity index (χ3n) is 8.50. The van der Waals surface area contributed by atoms with Gasteiger partial charge in [0.1, 0.15) is 5.60 Å². The normalized spacial score (nSPS) is 38.7. The summed E-state index contributed by atoms with van der Waals surface area (Å²) in [5, 5.41) is 0. The average Bonchev–Trinajstić information content (AvgIpc) is 3.07. The molecule has 0 N–H and O–H groups in total. The Labute approximate surface area is 229 Å². The number of fused-ring (bicyclic) bond motifs is 1. The quantitative estimate of drug-likeness (QED) is 0.196. The second-order valence-electron chi connectivity index (χ2n) is 12.3. The summed E-state index contributed by atoms with van der Waals surface area (Å²) in [7, 11) is 0. The Balaban J connectivity index is 2.31. The highest BCUT2D eigenvalue weighted by molar-refractivity contribution is 5.96. The molecule has 0 amide bonds. The van der Waals surface area contributed by atoms with Gasteiger partial charge in [-0.1, -0.05) is 0 Å². The Hall–Kier alpha value is -2.30. The van der Waals surface area contributed by atoms with Gasteiger partial charge in [-0.15, -0.1) is 0 Å². The Morgan fingerprint density at radius 1 is 0.786 bits per heavy atom. The van der Waals surface area contributed by atoms with E-state index in [0.29, 0.717) is 0 Å². The lowest BCUT2D eigenvalue weighted by Crippen LogP contribution is -2.86. The van der Waals surface area contributed by atoms with Gasteiger partial charge >= 0.3 is 47.8 Å². The van der Waals surface area contributed by atoms with Gasteiger partial charge in [-0.25, -0.2) is 8.78 Å². The summed E-state index contributed by atoms with van der Waals surface area (Å²) in [6.07, 6.45) is -10.8. The number of carbonyl (C=O) groups excluding carboxylic acids is 3. The maximum Gasteiger partial charge on any atom is 0.404 e. The highest BCUT2D eigenvalue weighted by Gasteiger charge is 2.99. The highest BCUT2D eigenvalue weighted by Crippen LogP contribution is 2.73. The van der Waals surface area contributed by atoms with Crippen molar-refractivity contribution in [2.75, 3.05) is 0 Å². The number of hydrogen-bond acceptors (Lipinski definition) is 5. The fourth-order valence-corrected chi connectivity index (χ4v) is 6.02. The molecule has 7 atom stereocenters. The molecule has 0 aromatic rings. The standard InChI is InChI=1S/C24H25F13O5/c1-16(2,3)42-15(40)17(4,24(35,36)37)8-9-6-10-11(14(39)41-13(10)38)7-12(9)19(26)18(5,25)20(27,28)22(31,32)23(33,34)21(19,29)30/h9-12H,6-8H2,1-5H3. The van der Waals surface area contributed by atoms with Crippen LogP contribution in [0.4, 0.5) is 57.1 Å². The molecule has 1 heterocycles. The molecule has 0 radical (unpaired) electrons. The van der Waals surface area contributed by atoms with E-state index in [-0.39, 0.29) is 6.92 Å².